The van der Waals surface area contributed by atoms with Gasteiger partial charge in [0, 0.05) is 4.90 Å². The maximum absolute atomic E-state index is 5.23. The van der Waals surface area contributed by atoms with Gasteiger partial charge in [-0.05, 0) is 17.9 Å². The minimum Gasteiger partial charge on any atom is -0.517 e. The summed E-state index contributed by atoms with van der Waals surface area (Å²) >= 11 is 1.74. The molecule has 0 radical (unpaired) electrons. The van der Waals surface area contributed by atoms with Gasteiger partial charge in [-0.2, -0.15) is 0 Å². The van der Waals surface area contributed by atoms with Gasteiger partial charge in [-0.3, -0.25) is 6.08 Å². The van der Waals surface area contributed by atoms with Gasteiger partial charge in [0.2, 0.25) is 0 Å². The summed E-state index contributed by atoms with van der Waals surface area (Å²) < 4.78 is 0. The second kappa shape index (κ2) is 9.02. The minimum absolute atomic E-state index is 0. The summed E-state index contributed by atoms with van der Waals surface area (Å²) in [5, 5.41) is 0. The molecule has 1 aromatic rings. The van der Waals surface area contributed by atoms with E-state index in [9.17, 15) is 0 Å². The molecule has 0 nitrogen and oxygen atoms in total. The summed E-state index contributed by atoms with van der Waals surface area (Å²) in [6, 6.07) is 10.2. The van der Waals surface area contributed by atoms with Gasteiger partial charge in [-0.1, -0.05) is 18.2 Å². The summed E-state index contributed by atoms with van der Waals surface area (Å²) in [6.45, 7) is 5.23. The van der Waals surface area contributed by atoms with E-state index in [-0.39, 0.29) is 26.9 Å². The van der Waals surface area contributed by atoms with Crippen molar-refractivity contribution in [2.45, 2.75) is 4.90 Å². The van der Waals surface area contributed by atoms with Crippen molar-refractivity contribution in [3.05, 3.63) is 50.4 Å². The molecular weight excluding hydrogens is 218 g/mol. The molecule has 0 saturated carbocycles. The molecule has 0 N–H and O–H groups in total. The maximum Gasteiger partial charge on any atom is 2.00 e. The maximum atomic E-state index is 5.23. The zero-order chi connectivity index (χ0) is 7.23. The van der Waals surface area contributed by atoms with Gasteiger partial charge in [0.15, 0.2) is 0 Å². The minimum atomic E-state index is 0. The van der Waals surface area contributed by atoms with E-state index in [1.807, 2.05) is 18.2 Å². The monoisotopic (exact) mass is 228 g/mol. The van der Waals surface area contributed by atoms with Crippen molar-refractivity contribution < 1.29 is 19.5 Å². The molecule has 0 aliphatic heterocycles. The predicted molar refractivity (Wildman–Crippen MR) is 52.5 cm³/mol. The fourth-order valence-corrected chi connectivity index (χ4v) is 1.30. The Morgan fingerprint density at radius 1 is 1.25 bits per heavy atom. The largest absolute Gasteiger partial charge is 2.00 e. The third kappa shape index (κ3) is 5.57. The molecule has 0 unspecified atom stereocenters. The first-order valence-electron chi connectivity index (χ1n) is 3.15. The molecule has 0 saturated heterocycles. The zero-order valence-corrected chi connectivity index (χ0v) is 11.1. The van der Waals surface area contributed by atoms with Crippen LogP contribution in [0.5, 0.6) is 0 Å². The Morgan fingerprint density at radius 3 is 2.33 bits per heavy atom. The van der Waals surface area contributed by atoms with E-state index in [4.69, 9.17) is 6.58 Å². The average Bonchev–Trinajstić information content (AvgIpc) is 2.03. The number of hydrogen-bond donors (Lipinski definition) is 0. The van der Waals surface area contributed by atoms with Crippen LogP contribution in [-0.4, -0.2) is 5.75 Å². The van der Waals surface area contributed by atoms with Crippen LogP contribution in [0.1, 0.15) is 0 Å². The molecule has 0 spiro atoms. The Balaban J connectivity index is 0. The summed E-state index contributed by atoms with van der Waals surface area (Å²) in [5.74, 6) is 0.879. The topological polar surface area (TPSA) is 0 Å². The smallest absolute Gasteiger partial charge is 0.517 e. The first-order chi connectivity index (χ1) is 4.93. The van der Waals surface area contributed by atoms with E-state index in [2.05, 4.69) is 12.1 Å². The summed E-state index contributed by atoms with van der Waals surface area (Å²) in [6.07, 6.45) is 1.66. The van der Waals surface area contributed by atoms with Crippen LogP contribution >= 0.6 is 11.8 Å². The van der Waals surface area contributed by atoms with Crippen molar-refractivity contribution in [1.82, 2.24) is 0 Å². The molecular formula is C10H12SZn. The zero-order valence-electron chi connectivity index (χ0n) is 7.36. The van der Waals surface area contributed by atoms with E-state index in [1.54, 1.807) is 17.8 Å². The Labute approximate surface area is 92.2 Å². The van der Waals surface area contributed by atoms with Gasteiger partial charge in [0.05, 0.1) is 0 Å². The molecule has 0 heterocycles. The van der Waals surface area contributed by atoms with E-state index in [0.717, 1.165) is 5.75 Å². The van der Waals surface area contributed by atoms with Gasteiger partial charge in [0.1, 0.15) is 0 Å². The molecule has 0 aromatic heterocycles. The molecule has 0 aliphatic carbocycles. The second-order valence-corrected chi connectivity index (χ2v) is 2.95. The van der Waals surface area contributed by atoms with Crippen LogP contribution in [0.15, 0.2) is 41.3 Å². The quantitative estimate of drug-likeness (QED) is 0.436. The number of thioether (sulfide) groups is 1. The van der Waals surface area contributed by atoms with Crippen LogP contribution in [0.2, 0.25) is 0 Å². The third-order valence-electron chi connectivity index (χ3n) is 1.09. The molecule has 0 bridgehead atoms. The standard InChI is InChI=1S/C9H9S.CH3.Zn/c1-2-8-10-9-6-4-3-5-7-9;;/h1-7H,8H2;1H3;/q2*-1;+2. The van der Waals surface area contributed by atoms with Crippen LogP contribution in [0.3, 0.4) is 0 Å². The molecule has 1 rings (SSSR count). The molecule has 0 atom stereocenters. The molecule has 12 heavy (non-hydrogen) atoms. The Morgan fingerprint density at radius 2 is 1.83 bits per heavy atom. The van der Waals surface area contributed by atoms with E-state index in [0.29, 0.717) is 0 Å². The molecule has 0 aliphatic rings. The van der Waals surface area contributed by atoms with Gasteiger partial charge in [0.25, 0.3) is 0 Å². The van der Waals surface area contributed by atoms with Crippen LogP contribution in [-0.2, 0) is 19.5 Å². The Hall–Kier alpha value is -0.0666. The SMILES string of the molecule is [CH-]=CCSc1ccccc1.[CH3-].[Zn+2]. The van der Waals surface area contributed by atoms with Gasteiger partial charge in [-0.25, -0.2) is 0 Å². The van der Waals surface area contributed by atoms with E-state index < -0.39 is 0 Å². The third-order valence-corrected chi connectivity index (χ3v) is 2.05. The first-order valence-corrected chi connectivity index (χ1v) is 4.13. The molecule has 2 heteroatoms. The van der Waals surface area contributed by atoms with Gasteiger partial charge < -0.3 is 14.0 Å². The fourth-order valence-electron chi connectivity index (χ4n) is 0.661. The van der Waals surface area contributed by atoms with Crippen LogP contribution in [0, 0.1) is 14.0 Å². The summed E-state index contributed by atoms with van der Waals surface area (Å²) in [7, 11) is 0. The second-order valence-electron chi connectivity index (χ2n) is 1.86. The van der Waals surface area contributed by atoms with Crippen LogP contribution in [0.4, 0.5) is 0 Å². The molecule has 0 fully saturated rings. The van der Waals surface area contributed by atoms with Crippen molar-refractivity contribution in [3.8, 4) is 0 Å². The van der Waals surface area contributed by atoms with Gasteiger partial charge >= 0.3 is 19.5 Å². The van der Waals surface area contributed by atoms with Crippen LogP contribution in [0.25, 0.3) is 0 Å². The van der Waals surface area contributed by atoms with Crippen molar-refractivity contribution >= 4 is 11.8 Å². The van der Waals surface area contributed by atoms with Crippen molar-refractivity contribution in [1.29, 1.82) is 0 Å². The number of rotatable bonds is 3. The van der Waals surface area contributed by atoms with Crippen molar-refractivity contribution in [2.24, 2.45) is 0 Å². The Kier molecular flexibility index (Phi) is 10.9. The summed E-state index contributed by atoms with van der Waals surface area (Å²) in [5.41, 5.74) is 0. The average molecular weight is 230 g/mol. The van der Waals surface area contributed by atoms with E-state index >= 15 is 0 Å². The molecule has 1 aromatic carbocycles. The predicted octanol–water partition coefficient (Wildman–Crippen LogP) is 3.22. The van der Waals surface area contributed by atoms with Crippen molar-refractivity contribution in [2.75, 3.05) is 5.75 Å². The van der Waals surface area contributed by atoms with Gasteiger partial charge in [-0.15, -0.1) is 11.8 Å². The number of benzene rings is 1. The first kappa shape index (κ1) is 14.5. The van der Waals surface area contributed by atoms with Crippen molar-refractivity contribution in [3.63, 3.8) is 0 Å². The van der Waals surface area contributed by atoms with E-state index in [1.165, 1.54) is 4.90 Å². The fraction of sp³-hybridized carbons (Fsp3) is 0.100. The Bertz CT molecular complexity index is 196. The number of hydrogen-bond acceptors (Lipinski definition) is 1. The molecule has 0 amide bonds. The normalized spacial score (nSPS) is 7.67. The summed E-state index contributed by atoms with van der Waals surface area (Å²) in [4.78, 5) is 1.27. The molecule has 60 valence electrons. The van der Waals surface area contributed by atoms with Crippen LogP contribution < -0.4 is 0 Å².